The van der Waals surface area contributed by atoms with E-state index in [9.17, 15) is 0 Å². The van der Waals surface area contributed by atoms with Crippen molar-refractivity contribution in [2.75, 3.05) is 0 Å². The van der Waals surface area contributed by atoms with Crippen LogP contribution in [0.3, 0.4) is 0 Å². The van der Waals surface area contributed by atoms with Crippen LogP contribution in [0, 0.1) is 0 Å². The van der Waals surface area contributed by atoms with E-state index in [0.717, 1.165) is 16.4 Å². The molecule has 2 heterocycles. The lowest BCUT2D eigenvalue weighted by molar-refractivity contribution is 0.315. The normalized spacial score (nSPS) is 21.2. The SMILES string of the molecule is [2H]N1C=C(c2ccc3nonc3c2)C(Cl)=CC1N. The largest absolute Gasteiger partial charge is 0.372 e. The first-order valence-electron chi connectivity index (χ1n) is 5.45. The molecule has 0 saturated heterocycles. The Morgan fingerprint density at radius 3 is 3.12 bits per heavy atom. The van der Waals surface area contributed by atoms with E-state index >= 15 is 0 Å². The van der Waals surface area contributed by atoms with Gasteiger partial charge >= 0.3 is 0 Å². The summed E-state index contributed by atoms with van der Waals surface area (Å²) >= 11 is 6.15. The van der Waals surface area contributed by atoms with Crippen LogP contribution in [-0.4, -0.2) is 16.5 Å². The number of aromatic nitrogens is 2. The van der Waals surface area contributed by atoms with Crippen molar-refractivity contribution in [1.29, 1.82) is 0 Å². The molecule has 1 aromatic heterocycles. The minimum atomic E-state index is -0.529. The lowest BCUT2D eigenvalue weighted by atomic mass is 10.0. The van der Waals surface area contributed by atoms with E-state index in [1.807, 2.05) is 6.07 Å². The predicted molar refractivity (Wildman–Crippen MR) is 64.8 cm³/mol. The molecule has 0 bridgehead atoms. The van der Waals surface area contributed by atoms with Gasteiger partial charge in [0.05, 0.1) is 6.17 Å². The fraction of sp³-hybridized carbons (Fsp3) is 0.0909. The average Bonchev–Trinajstić information content (AvgIpc) is 2.80. The maximum absolute atomic E-state index is 7.66. The van der Waals surface area contributed by atoms with E-state index in [-0.39, 0.29) is 0 Å². The van der Waals surface area contributed by atoms with Crippen LogP contribution in [0.15, 0.2) is 40.1 Å². The molecule has 1 aromatic carbocycles. The van der Waals surface area contributed by atoms with Gasteiger partial charge in [-0.05, 0) is 34.1 Å². The summed E-state index contributed by atoms with van der Waals surface area (Å²) in [6, 6.07) is 5.44. The Labute approximate surface area is 103 Å². The number of hydrogen-bond donors (Lipinski definition) is 2. The second kappa shape index (κ2) is 3.87. The molecule has 86 valence electrons. The summed E-state index contributed by atoms with van der Waals surface area (Å²) < 4.78 is 12.3. The first-order valence-corrected chi connectivity index (χ1v) is 5.38. The molecule has 0 radical (unpaired) electrons. The highest BCUT2D eigenvalue weighted by Gasteiger charge is 2.13. The van der Waals surface area contributed by atoms with E-state index in [2.05, 4.69) is 14.9 Å². The van der Waals surface area contributed by atoms with Crippen LogP contribution in [0.5, 0.6) is 0 Å². The minimum Gasteiger partial charge on any atom is -0.372 e. The Hall–Kier alpha value is -1.85. The van der Waals surface area contributed by atoms with Gasteiger partial charge in [0.1, 0.15) is 11.0 Å². The Balaban J connectivity index is 2.08. The highest BCUT2D eigenvalue weighted by molar-refractivity contribution is 6.37. The number of dihydropyridines is 1. The van der Waals surface area contributed by atoms with Crippen molar-refractivity contribution in [3.63, 3.8) is 0 Å². The zero-order valence-corrected chi connectivity index (χ0v) is 9.43. The van der Waals surface area contributed by atoms with Crippen molar-refractivity contribution in [3.8, 4) is 0 Å². The Morgan fingerprint density at radius 2 is 2.24 bits per heavy atom. The van der Waals surface area contributed by atoms with E-state index in [0.29, 0.717) is 16.1 Å². The van der Waals surface area contributed by atoms with Crippen LogP contribution in [-0.2, 0) is 0 Å². The zero-order chi connectivity index (χ0) is 12.7. The minimum absolute atomic E-state index is 0.516. The van der Waals surface area contributed by atoms with Gasteiger partial charge in [0, 0.05) is 16.8 Å². The van der Waals surface area contributed by atoms with Gasteiger partial charge in [-0.15, -0.1) is 0 Å². The summed E-state index contributed by atoms with van der Waals surface area (Å²) in [5.41, 5.74) is 8.55. The Bertz CT molecular complexity index is 666. The number of nitrogens with one attached hydrogen (secondary N) is 1. The van der Waals surface area contributed by atoms with E-state index < -0.39 is 6.17 Å². The molecule has 3 rings (SSSR count). The van der Waals surface area contributed by atoms with Crippen LogP contribution in [0.4, 0.5) is 0 Å². The molecule has 3 N–H and O–H groups in total. The van der Waals surface area contributed by atoms with E-state index in [1.165, 1.54) is 0 Å². The topological polar surface area (TPSA) is 77.0 Å². The maximum atomic E-state index is 7.66. The molecule has 1 aliphatic heterocycles. The van der Waals surface area contributed by atoms with Crippen molar-refractivity contribution in [2.45, 2.75) is 6.17 Å². The highest BCUT2D eigenvalue weighted by Crippen LogP contribution is 2.29. The van der Waals surface area contributed by atoms with Gasteiger partial charge in [0.15, 0.2) is 1.41 Å². The highest BCUT2D eigenvalue weighted by atomic mass is 35.5. The average molecular weight is 250 g/mol. The number of benzene rings is 1. The number of hydrogen-bond acceptors (Lipinski definition) is 5. The van der Waals surface area contributed by atoms with Crippen molar-refractivity contribution in [3.05, 3.63) is 41.1 Å². The molecule has 2 aromatic rings. The molecule has 0 fully saturated rings. The molecule has 5 nitrogen and oxygen atoms in total. The van der Waals surface area contributed by atoms with E-state index in [4.69, 9.17) is 18.7 Å². The predicted octanol–water partition coefficient (Wildman–Crippen LogP) is 1.57. The van der Waals surface area contributed by atoms with Crippen LogP contribution >= 0.6 is 11.6 Å². The first kappa shape index (κ1) is 9.21. The van der Waals surface area contributed by atoms with Gasteiger partial charge in [-0.1, -0.05) is 17.7 Å². The third-order valence-corrected chi connectivity index (χ3v) is 2.84. The fourth-order valence-corrected chi connectivity index (χ4v) is 1.95. The van der Waals surface area contributed by atoms with Crippen molar-refractivity contribution < 1.29 is 6.04 Å². The summed E-state index contributed by atoms with van der Waals surface area (Å²) in [6.07, 6.45) is 2.68. The smallest absolute Gasteiger partial charge is 0.161 e. The molecule has 0 saturated carbocycles. The number of nitrogens with zero attached hydrogens (tertiary/aromatic N) is 2. The molecule has 1 unspecified atom stereocenters. The standard InChI is InChI=1S/C11H9ClN4O/c12-8-4-11(13)14-5-7(8)6-1-2-9-10(3-6)16-17-15-9/h1-5,11,14H,13H2/i/hD. The molecule has 1 aliphatic rings. The lowest BCUT2D eigenvalue weighted by Crippen LogP contribution is -2.33. The van der Waals surface area contributed by atoms with E-state index in [1.54, 1.807) is 24.4 Å². The number of nitrogens with two attached hydrogens (primary N) is 1. The van der Waals surface area contributed by atoms with Crippen molar-refractivity contribution in [1.82, 2.24) is 15.6 Å². The zero-order valence-electron chi connectivity index (χ0n) is 9.67. The molecule has 0 spiro atoms. The van der Waals surface area contributed by atoms with Gasteiger partial charge in [0.25, 0.3) is 0 Å². The summed E-state index contributed by atoms with van der Waals surface area (Å²) in [4.78, 5) is 0. The molecule has 6 heteroatoms. The van der Waals surface area contributed by atoms with Gasteiger partial charge in [-0.3, -0.25) is 0 Å². The number of allylic oxidation sites excluding steroid dienone is 2. The Morgan fingerprint density at radius 1 is 1.41 bits per heavy atom. The molecular formula is C11H9ClN4O. The Kier molecular flexibility index (Phi) is 2.10. The molecule has 0 amide bonds. The number of halogens is 1. The van der Waals surface area contributed by atoms with Gasteiger partial charge < -0.3 is 11.0 Å². The summed E-state index contributed by atoms with van der Waals surface area (Å²) in [7, 11) is 0. The maximum Gasteiger partial charge on any atom is 0.161 e. The number of rotatable bonds is 1. The monoisotopic (exact) mass is 249 g/mol. The van der Waals surface area contributed by atoms with Crippen LogP contribution in [0.1, 0.15) is 5.56 Å². The summed E-state index contributed by atoms with van der Waals surface area (Å²) in [6.45, 7) is 0. The van der Waals surface area contributed by atoms with Gasteiger partial charge in [-0.25, -0.2) is 4.63 Å². The van der Waals surface area contributed by atoms with Gasteiger partial charge in [0.2, 0.25) is 0 Å². The molecule has 0 aliphatic carbocycles. The lowest BCUT2D eigenvalue weighted by Gasteiger charge is -2.17. The second-order valence-corrected chi connectivity index (χ2v) is 4.07. The summed E-state index contributed by atoms with van der Waals surface area (Å²) in [5, 5.41) is 9.16. The van der Waals surface area contributed by atoms with Crippen LogP contribution < -0.4 is 11.0 Å². The first-order chi connectivity index (χ1) is 8.65. The second-order valence-electron chi connectivity index (χ2n) is 3.66. The molecule has 1 atom stereocenters. The third kappa shape index (κ3) is 1.79. The van der Waals surface area contributed by atoms with Crippen molar-refractivity contribution >= 4 is 28.2 Å². The third-order valence-electron chi connectivity index (χ3n) is 2.51. The molecule has 17 heavy (non-hydrogen) atoms. The fourth-order valence-electron chi connectivity index (χ4n) is 1.67. The number of fused-ring (bicyclic) bond motifs is 1. The summed E-state index contributed by atoms with van der Waals surface area (Å²) in [5.74, 6) is 0. The van der Waals surface area contributed by atoms with Crippen LogP contribution in [0.2, 0.25) is 1.41 Å². The quantitative estimate of drug-likeness (QED) is 0.802. The molecular weight excluding hydrogens is 240 g/mol. The van der Waals surface area contributed by atoms with Crippen LogP contribution in [0.25, 0.3) is 16.6 Å². The van der Waals surface area contributed by atoms with Crippen molar-refractivity contribution in [2.24, 2.45) is 5.73 Å². The van der Waals surface area contributed by atoms with Gasteiger partial charge in [-0.2, -0.15) is 0 Å².